The summed E-state index contributed by atoms with van der Waals surface area (Å²) in [5, 5.41) is 0. The van der Waals surface area contributed by atoms with Gasteiger partial charge in [-0.15, -0.1) is 0 Å². The standard InChI is InChI=1S/C9H9AtO/c1-2-9(11)7-3-5-8(10)6-4-7/h3-6H,2H2,1H3. The van der Waals surface area contributed by atoms with Gasteiger partial charge in [0.1, 0.15) is 0 Å². The Balaban J connectivity index is 2.90. The van der Waals surface area contributed by atoms with Gasteiger partial charge in [-0.05, 0) is 0 Å². The summed E-state index contributed by atoms with van der Waals surface area (Å²) >= 11 is 1.63. The molecule has 2 heteroatoms. The molecule has 0 heterocycles. The van der Waals surface area contributed by atoms with Crippen LogP contribution in [-0.4, -0.2) is 5.78 Å². The Labute approximate surface area is 81.7 Å². The van der Waals surface area contributed by atoms with Gasteiger partial charge in [0.05, 0.1) is 0 Å². The van der Waals surface area contributed by atoms with Crippen LogP contribution in [0, 0.1) is 24.7 Å². The van der Waals surface area contributed by atoms with Crippen molar-refractivity contribution in [2.75, 3.05) is 0 Å². The molecule has 0 radical (unpaired) electrons. The van der Waals surface area contributed by atoms with Crippen LogP contribution in [0.4, 0.5) is 0 Å². The molecule has 1 aromatic rings. The van der Waals surface area contributed by atoms with E-state index in [9.17, 15) is 4.79 Å². The number of ketones is 1. The molecule has 0 aromatic heterocycles. The van der Waals surface area contributed by atoms with E-state index in [2.05, 4.69) is 0 Å². The molecule has 1 nitrogen and oxygen atoms in total. The SMILES string of the molecule is CCC(=O)c1ccc([At])cc1. The average molecular weight is 343 g/mol. The van der Waals surface area contributed by atoms with E-state index < -0.39 is 0 Å². The van der Waals surface area contributed by atoms with Gasteiger partial charge >= 0.3 is 81.7 Å². The summed E-state index contributed by atoms with van der Waals surface area (Å²) in [7, 11) is 0. The van der Waals surface area contributed by atoms with E-state index in [0.717, 1.165) is 5.56 Å². The van der Waals surface area contributed by atoms with Crippen LogP contribution in [0.25, 0.3) is 0 Å². The fourth-order valence-electron chi connectivity index (χ4n) is 0.840. The van der Waals surface area contributed by atoms with Crippen LogP contribution < -0.4 is 3.27 Å². The molecule has 1 rings (SSSR count). The molecule has 0 bridgehead atoms. The fraction of sp³-hybridized carbons (Fsp3) is 0.222. The zero-order valence-corrected chi connectivity index (χ0v) is 9.24. The molecular formula is C9H9AtO. The van der Waals surface area contributed by atoms with Gasteiger partial charge in [0.15, 0.2) is 0 Å². The number of carbonyl (C=O) groups excluding carboxylic acids is 1. The molecule has 0 saturated carbocycles. The molecule has 0 atom stereocenters. The van der Waals surface area contributed by atoms with Crippen LogP contribution in [0.3, 0.4) is 0 Å². The van der Waals surface area contributed by atoms with Gasteiger partial charge in [0.2, 0.25) is 0 Å². The predicted octanol–water partition coefficient (Wildman–Crippen LogP) is 1.45. The molecule has 0 aliphatic heterocycles. The number of hydrogen-bond donors (Lipinski definition) is 0. The predicted molar refractivity (Wildman–Crippen MR) is 40.7 cm³/mol. The van der Waals surface area contributed by atoms with E-state index in [1.807, 2.05) is 31.2 Å². The van der Waals surface area contributed by atoms with E-state index in [0.29, 0.717) is 6.42 Å². The van der Waals surface area contributed by atoms with Crippen molar-refractivity contribution in [2.45, 2.75) is 13.3 Å². The van der Waals surface area contributed by atoms with Crippen molar-refractivity contribution < 1.29 is 29.5 Å². The zero-order valence-electron chi connectivity index (χ0n) is 6.30. The Morgan fingerprint density at radius 3 is 2.36 bits per heavy atom. The summed E-state index contributed by atoms with van der Waals surface area (Å²) in [6, 6.07) is 7.75. The normalized spacial score (nSPS) is 9.64. The molecular weight excluding hydrogens is 334 g/mol. The molecule has 11 heavy (non-hydrogen) atoms. The van der Waals surface area contributed by atoms with Gasteiger partial charge in [0.25, 0.3) is 0 Å². The van der Waals surface area contributed by atoms with Gasteiger partial charge in [-0.25, -0.2) is 0 Å². The Bertz CT molecular complexity index is 251. The molecule has 0 N–H and O–H groups in total. The monoisotopic (exact) mass is 343 g/mol. The Morgan fingerprint density at radius 1 is 1.36 bits per heavy atom. The van der Waals surface area contributed by atoms with Gasteiger partial charge in [-0.2, -0.15) is 0 Å². The van der Waals surface area contributed by atoms with Crippen LogP contribution in [0.2, 0.25) is 0 Å². The van der Waals surface area contributed by atoms with Gasteiger partial charge in [-0.3, -0.25) is 0 Å². The molecule has 0 saturated heterocycles. The first-order valence-corrected chi connectivity index (χ1v) is 4.99. The Kier molecular flexibility index (Phi) is 3.20. The molecule has 1 aromatic carbocycles. The van der Waals surface area contributed by atoms with E-state index in [-0.39, 0.29) is 5.78 Å². The molecule has 58 valence electrons. The number of rotatable bonds is 2. The second-order valence-corrected chi connectivity index (χ2v) is 3.98. The first-order chi connectivity index (χ1) is 5.24. The molecule has 0 fully saturated rings. The van der Waals surface area contributed by atoms with Crippen molar-refractivity contribution in [3.63, 3.8) is 0 Å². The minimum absolute atomic E-state index is 0.219. The average Bonchev–Trinajstić information content (AvgIpc) is 2.05. The molecule has 0 amide bonds. The summed E-state index contributed by atoms with van der Waals surface area (Å²) in [4.78, 5) is 11.1. The molecule has 0 aliphatic rings. The van der Waals surface area contributed by atoms with Crippen LogP contribution in [-0.2, 0) is 0 Å². The number of Topliss-reactive ketones (excluding diaryl/α,β-unsaturated/α-hetero) is 1. The summed E-state index contributed by atoms with van der Waals surface area (Å²) in [6.45, 7) is 1.88. The third-order valence-electron chi connectivity index (χ3n) is 1.49. The zero-order chi connectivity index (χ0) is 8.27. The maximum absolute atomic E-state index is 11.1. The summed E-state index contributed by atoms with van der Waals surface area (Å²) < 4.78 is 1.25. The van der Waals surface area contributed by atoms with Crippen LogP contribution >= 0.6 is 0 Å². The van der Waals surface area contributed by atoms with Crippen LogP contribution in [0.1, 0.15) is 23.7 Å². The Hall–Kier alpha value is -0.227. The van der Waals surface area contributed by atoms with E-state index in [1.54, 1.807) is 24.7 Å². The van der Waals surface area contributed by atoms with Gasteiger partial charge < -0.3 is 0 Å². The fourth-order valence-corrected chi connectivity index (χ4v) is 1.33. The van der Waals surface area contributed by atoms with Crippen LogP contribution in [0.15, 0.2) is 24.3 Å². The first kappa shape index (κ1) is 8.87. The molecule has 0 aliphatic carbocycles. The summed E-state index contributed by atoms with van der Waals surface area (Å²) in [5.41, 5.74) is 0.827. The minimum atomic E-state index is 0.219. The van der Waals surface area contributed by atoms with Crippen molar-refractivity contribution in [2.24, 2.45) is 0 Å². The van der Waals surface area contributed by atoms with E-state index >= 15 is 0 Å². The summed E-state index contributed by atoms with van der Waals surface area (Å²) in [5.74, 6) is 0.219. The maximum atomic E-state index is 11.1. The van der Waals surface area contributed by atoms with Crippen molar-refractivity contribution in [1.82, 2.24) is 0 Å². The molecule has 0 spiro atoms. The second kappa shape index (κ2) is 3.97. The number of hydrogen-bond acceptors (Lipinski definition) is 1. The van der Waals surface area contributed by atoms with Crippen molar-refractivity contribution in [1.29, 1.82) is 0 Å². The second-order valence-electron chi connectivity index (χ2n) is 2.28. The van der Waals surface area contributed by atoms with Crippen molar-refractivity contribution >= 4 is 9.05 Å². The third kappa shape index (κ3) is 2.37. The topological polar surface area (TPSA) is 17.1 Å². The summed E-state index contributed by atoms with van der Waals surface area (Å²) in [6.07, 6.45) is 0.591. The van der Waals surface area contributed by atoms with E-state index in [4.69, 9.17) is 0 Å². The Morgan fingerprint density at radius 2 is 1.91 bits per heavy atom. The molecule has 0 unspecified atom stereocenters. The van der Waals surface area contributed by atoms with Crippen molar-refractivity contribution in [3.05, 3.63) is 29.8 Å². The van der Waals surface area contributed by atoms with Crippen LogP contribution in [0.5, 0.6) is 0 Å². The number of carbonyl (C=O) groups is 1. The third-order valence-corrected chi connectivity index (χ3v) is 2.47. The van der Waals surface area contributed by atoms with E-state index in [1.165, 1.54) is 3.27 Å². The quantitative estimate of drug-likeness (QED) is 0.743. The van der Waals surface area contributed by atoms with Crippen molar-refractivity contribution in [3.8, 4) is 0 Å². The van der Waals surface area contributed by atoms with Gasteiger partial charge in [0, 0.05) is 0 Å². The number of benzene rings is 1. The van der Waals surface area contributed by atoms with Gasteiger partial charge in [-0.1, -0.05) is 0 Å². The first-order valence-electron chi connectivity index (χ1n) is 3.53.